The van der Waals surface area contributed by atoms with Gasteiger partial charge in [-0.1, -0.05) is 24.8 Å². The summed E-state index contributed by atoms with van der Waals surface area (Å²) >= 11 is 5.92. The smallest absolute Gasteiger partial charge is 0.341 e. The number of carboxylic acid groups (broad SMARTS) is 1. The van der Waals surface area contributed by atoms with Crippen LogP contribution in [0, 0.1) is 10.7 Å². The molecule has 0 aliphatic heterocycles. The number of hydrogen-bond acceptors (Lipinski definition) is 6. The van der Waals surface area contributed by atoms with Crippen molar-refractivity contribution >= 4 is 91.8 Å². The quantitative estimate of drug-likeness (QED) is 0.227. The monoisotopic (exact) mass is 748 g/mol. The summed E-state index contributed by atoms with van der Waals surface area (Å²) in [7, 11) is 0. The van der Waals surface area contributed by atoms with Crippen molar-refractivity contribution in [2.75, 3.05) is 19.8 Å². The zero-order valence-electron chi connectivity index (χ0n) is 15.3. The molecule has 0 bridgehead atoms. The van der Waals surface area contributed by atoms with E-state index in [1.54, 1.807) is 36.4 Å². The van der Waals surface area contributed by atoms with Crippen molar-refractivity contribution in [3.8, 4) is 5.75 Å². The van der Waals surface area contributed by atoms with Gasteiger partial charge in [-0.25, -0.2) is 14.4 Å². The minimum absolute atomic E-state index is 0.103. The van der Waals surface area contributed by atoms with E-state index in [1.807, 2.05) is 67.8 Å². The van der Waals surface area contributed by atoms with Crippen molar-refractivity contribution in [3.63, 3.8) is 0 Å². The lowest BCUT2D eigenvalue weighted by Gasteiger charge is -2.14. The molecule has 1 N–H and O–H groups in total. The van der Waals surface area contributed by atoms with Crippen LogP contribution in [0.2, 0.25) is 0 Å². The van der Waals surface area contributed by atoms with E-state index in [0.717, 1.165) is 5.56 Å². The van der Waals surface area contributed by atoms with Gasteiger partial charge in [0.15, 0.2) is 6.61 Å². The molecule has 0 aliphatic carbocycles. The molecule has 158 valence electrons. The number of carbonyl (C=O) groups excluding carboxylic acids is 2. The molecule has 2 rings (SSSR count). The van der Waals surface area contributed by atoms with Gasteiger partial charge < -0.3 is 19.3 Å². The zero-order valence-corrected chi connectivity index (χ0v) is 21.8. The Hall–Kier alpha value is -1.42. The van der Waals surface area contributed by atoms with Gasteiger partial charge in [-0.2, -0.15) is 0 Å². The minimum Gasteiger partial charge on any atom is -0.480 e. The maximum absolute atomic E-state index is 12.5. The molecule has 0 heterocycles. The molecule has 7 nitrogen and oxygen atoms in total. The first-order chi connectivity index (χ1) is 14.2. The average Bonchev–Trinajstić information content (AvgIpc) is 2.70. The highest BCUT2D eigenvalue weighted by Gasteiger charge is 2.22. The van der Waals surface area contributed by atoms with Gasteiger partial charge in [-0.15, -0.1) is 0 Å². The van der Waals surface area contributed by atoms with Crippen molar-refractivity contribution in [1.29, 1.82) is 0 Å². The van der Waals surface area contributed by atoms with E-state index in [-0.39, 0.29) is 18.8 Å². The van der Waals surface area contributed by atoms with Crippen LogP contribution in [0.4, 0.5) is 0 Å². The third-order valence-electron chi connectivity index (χ3n) is 3.60. The van der Waals surface area contributed by atoms with Gasteiger partial charge in [0.25, 0.3) is 0 Å². The molecule has 2 aromatic carbocycles. The second kappa shape index (κ2) is 11.8. The van der Waals surface area contributed by atoms with E-state index in [1.165, 1.54) is 0 Å². The van der Waals surface area contributed by atoms with Crippen LogP contribution in [0.3, 0.4) is 0 Å². The normalized spacial score (nSPS) is 10.2. The maximum Gasteiger partial charge on any atom is 0.341 e. The molecule has 0 saturated carbocycles. The number of halogens is 3. The summed E-state index contributed by atoms with van der Waals surface area (Å²) in [5, 5.41) is 8.82. The van der Waals surface area contributed by atoms with Crippen LogP contribution in [0.5, 0.6) is 5.75 Å². The average molecular weight is 748 g/mol. The summed E-state index contributed by atoms with van der Waals surface area (Å²) in [6, 6.07) is 8.44. The Kier molecular flexibility index (Phi) is 9.80. The predicted molar refractivity (Wildman–Crippen MR) is 135 cm³/mol. The molecule has 0 unspecified atom stereocenters. The van der Waals surface area contributed by atoms with Crippen LogP contribution >= 0.6 is 67.8 Å². The van der Waals surface area contributed by atoms with Gasteiger partial charge in [0.05, 0.1) is 18.3 Å². The molecule has 0 fully saturated rings. The fourth-order valence-corrected chi connectivity index (χ4v) is 6.33. The van der Waals surface area contributed by atoms with Gasteiger partial charge in [-0.3, -0.25) is 0 Å². The topological polar surface area (TPSA) is 99.1 Å². The summed E-state index contributed by atoms with van der Waals surface area (Å²) in [6.07, 6.45) is 1.67. The molecule has 0 atom stereocenters. The van der Waals surface area contributed by atoms with Crippen molar-refractivity contribution in [2.24, 2.45) is 0 Å². The highest BCUT2D eigenvalue weighted by Crippen LogP contribution is 2.34. The van der Waals surface area contributed by atoms with Gasteiger partial charge in [-0.05, 0) is 91.5 Å². The zero-order chi connectivity index (χ0) is 22.3. The van der Waals surface area contributed by atoms with E-state index < -0.39 is 24.5 Å². The van der Waals surface area contributed by atoms with Gasteiger partial charge in [0.2, 0.25) is 0 Å². The molecular weight excluding hydrogens is 733 g/mol. The number of benzene rings is 2. The third kappa shape index (κ3) is 6.80. The number of carbonyl (C=O) groups is 3. The Morgan fingerprint density at radius 3 is 2.13 bits per heavy atom. The van der Waals surface area contributed by atoms with Crippen molar-refractivity contribution in [2.45, 2.75) is 0 Å². The Labute approximate surface area is 213 Å². The molecule has 2 aromatic rings. The van der Waals surface area contributed by atoms with E-state index in [9.17, 15) is 14.4 Å². The lowest BCUT2D eigenvalue weighted by Crippen LogP contribution is -2.17. The van der Waals surface area contributed by atoms with Crippen LogP contribution in [0.15, 0.2) is 36.9 Å². The van der Waals surface area contributed by atoms with E-state index >= 15 is 0 Å². The van der Waals surface area contributed by atoms with Gasteiger partial charge in [0.1, 0.15) is 19.0 Å². The number of hydrogen-bond donors (Lipinski definition) is 1. The van der Waals surface area contributed by atoms with Crippen LogP contribution < -0.4 is 4.74 Å². The first-order valence-electron chi connectivity index (χ1n) is 8.33. The summed E-state index contributed by atoms with van der Waals surface area (Å²) in [4.78, 5) is 35.3. The molecule has 10 heteroatoms. The van der Waals surface area contributed by atoms with Crippen LogP contribution in [0.1, 0.15) is 26.3 Å². The summed E-state index contributed by atoms with van der Waals surface area (Å²) < 4.78 is 17.4. The van der Waals surface area contributed by atoms with Crippen LogP contribution in [-0.4, -0.2) is 42.8 Å². The lowest BCUT2D eigenvalue weighted by molar-refractivity contribution is -0.139. The van der Waals surface area contributed by atoms with Gasteiger partial charge >= 0.3 is 17.9 Å². The first kappa shape index (κ1) is 24.8. The second-order valence-electron chi connectivity index (χ2n) is 5.64. The summed E-state index contributed by atoms with van der Waals surface area (Å²) in [6.45, 7) is 2.90. The number of rotatable bonds is 9. The molecule has 30 heavy (non-hydrogen) atoms. The van der Waals surface area contributed by atoms with Gasteiger partial charge in [0, 0.05) is 3.57 Å². The number of esters is 2. The molecule has 0 aromatic heterocycles. The molecule has 0 spiro atoms. The Bertz CT molecular complexity index is 971. The standard InChI is InChI=1S/C20H15I3O7/c1-2-11-3-5-12(6-4-11)19(26)28-7-8-29-20(27)16-13(21)9-14(22)18(17(16)23)30-10-15(24)25/h2-6,9H,1,7-8,10H2,(H,24,25). The highest BCUT2D eigenvalue weighted by molar-refractivity contribution is 14.1. The highest BCUT2D eigenvalue weighted by atomic mass is 127. The number of ether oxygens (including phenoxy) is 3. The third-order valence-corrected chi connectivity index (χ3v) is 6.29. The lowest BCUT2D eigenvalue weighted by atomic mass is 10.1. The molecule has 0 saturated heterocycles. The molecular formula is C20H15I3O7. The fraction of sp³-hybridized carbons (Fsp3) is 0.150. The van der Waals surface area contributed by atoms with Crippen LogP contribution in [-0.2, 0) is 14.3 Å². The van der Waals surface area contributed by atoms with E-state index in [2.05, 4.69) is 6.58 Å². The van der Waals surface area contributed by atoms with Crippen molar-refractivity contribution < 1.29 is 33.7 Å². The molecule has 0 amide bonds. The Morgan fingerprint density at radius 1 is 0.967 bits per heavy atom. The Balaban J connectivity index is 1.97. The SMILES string of the molecule is C=Cc1ccc(C(=O)OCCOC(=O)c2c(I)cc(I)c(OCC(=O)O)c2I)cc1. The van der Waals surface area contributed by atoms with Crippen LogP contribution in [0.25, 0.3) is 6.08 Å². The number of carboxylic acids is 1. The van der Waals surface area contributed by atoms with E-state index in [0.29, 0.717) is 22.0 Å². The van der Waals surface area contributed by atoms with Crippen molar-refractivity contribution in [1.82, 2.24) is 0 Å². The Morgan fingerprint density at radius 2 is 1.57 bits per heavy atom. The summed E-state index contributed by atoms with van der Waals surface area (Å²) in [5.74, 6) is -1.96. The maximum atomic E-state index is 12.5. The number of aliphatic carboxylic acids is 1. The second-order valence-corrected chi connectivity index (χ2v) is 9.04. The van der Waals surface area contributed by atoms with E-state index in [4.69, 9.17) is 19.3 Å². The summed E-state index contributed by atoms with van der Waals surface area (Å²) in [5.41, 5.74) is 1.53. The predicted octanol–water partition coefficient (Wildman–Crippen LogP) is 4.62. The molecule has 0 aliphatic rings. The minimum atomic E-state index is -1.12. The van der Waals surface area contributed by atoms with Crippen molar-refractivity contribution in [3.05, 3.63) is 64.3 Å². The fourth-order valence-electron chi connectivity index (χ4n) is 2.21. The first-order valence-corrected chi connectivity index (χ1v) is 11.6. The largest absolute Gasteiger partial charge is 0.480 e. The molecule has 0 radical (unpaired) electrons.